The van der Waals surface area contributed by atoms with Gasteiger partial charge in [-0.05, 0) is 53.8 Å². The molecule has 0 aromatic heterocycles. The van der Waals surface area contributed by atoms with Crippen LogP contribution in [0.25, 0.3) is 11.6 Å². The smallest absolute Gasteiger partial charge is 0.269 e. The summed E-state index contributed by atoms with van der Waals surface area (Å²) in [6.07, 6.45) is 2.04. The van der Waals surface area contributed by atoms with Crippen molar-refractivity contribution in [3.05, 3.63) is 67.7 Å². The van der Waals surface area contributed by atoms with Crippen LogP contribution >= 0.6 is 15.9 Å². The van der Waals surface area contributed by atoms with E-state index in [0.29, 0.717) is 0 Å². The van der Waals surface area contributed by atoms with Gasteiger partial charge in [-0.2, -0.15) is 0 Å². The van der Waals surface area contributed by atoms with Crippen LogP contribution in [0.3, 0.4) is 0 Å². The van der Waals surface area contributed by atoms with Crippen molar-refractivity contribution in [1.82, 2.24) is 0 Å². The summed E-state index contributed by atoms with van der Waals surface area (Å²) in [6.45, 7) is 8.42. The SMILES string of the molecule is COc1c(/C=C(\C)c2ccc([N+](=O)[O-])cc2)cc(Br)cc1C(C)(C)C. The van der Waals surface area contributed by atoms with E-state index >= 15 is 0 Å². The average molecular weight is 404 g/mol. The molecule has 0 N–H and O–H groups in total. The van der Waals surface area contributed by atoms with Crippen LogP contribution in [0.2, 0.25) is 0 Å². The largest absolute Gasteiger partial charge is 0.496 e. The lowest BCUT2D eigenvalue weighted by Crippen LogP contribution is -2.13. The van der Waals surface area contributed by atoms with Crippen LogP contribution in [0.1, 0.15) is 44.4 Å². The molecule has 0 radical (unpaired) electrons. The molecular formula is C20H22BrNO3. The summed E-state index contributed by atoms with van der Waals surface area (Å²) in [4.78, 5) is 10.4. The number of benzene rings is 2. The Morgan fingerprint density at radius 1 is 1.20 bits per heavy atom. The topological polar surface area (TPSA) is 52.4 Å². The van der Waals surface area contributed by atoms with Gasteiger partial charge in [0.15, 0.2) is 0 Å². The lowest BCUT2D eigenvalue weighted by atomic mass is 9.85. The number of nitro benzene ring substituents is 1. The zero-order valence-electron chi connectivity index (χ0n) is 15.1. The molecule has 132 valence electrons. The average Bonchev–Trinajstić information content (AvgIpc) is 2.53. The molecule has 0 fully saturated rings. The normalized spacial score (nSPS) is 12.2. The third-order valence-electron chi connectivity index (χ3n) is 4.00. The fourth-order valence-electron chi connectivity index (χ4n) is 2.67. The van der Waals surface area contributed by atoms with Gasteiger partial charge in [-0.25, -0.2) is 0 Å². The minimum Gasteiger partial charge on any atom is -0.496 e. The zero-order valence-corrected chi connectivity index (χ0v) is 16.7. The van der Waals surface area contributed by atoms with E-state index in [1.807, 2.05) is 19.1 Å². The molecule has 0 heterocycles. The van der Waals surface area contributed by atoms with Gasteiger partial charge >= 0.3 is 0 Å². The van der Waals surface area contributed by atoms with Crippen LogP contribution in [0, 0.1) is 10.1 Å². The first-order valence-corrected chi connectivity index (χ1v) is 8.74. The minimum absolute atomic E-state index is 0.0566. The lowest BCUT2D eigenvalue weighted by molar-refractivity contribution is -0.384. The number of nitro groups is 1. The number of allylic oxidation sites excluding steroid dienone is 1. The first kappa shape index (κ1) is 19.2. The molecule has 2 rings (SSSR count). The van der Waals surface area contributed by atoms with E-state index in [9.17, 15) is 10.1 Å². The summed E-state index contributed by atoms with van der Waals surface area (Å²) < 4.78 is 6.68. The molecule has 2 aromatic rings. The Kier molecular flexibility index (Phi) is 5.68. The van der Waals surface area contributed by atoms with Gasteiger partial charge in [-0.15, -0.1) is 0 Å². The predicted octanol–water partition coefficient (Wildman–Crippen LogP) is 6.22. The van der Waals surface area contributed by atoms with E-state index in [4.69, 9.17) is 4.74 Å². The van der Waals surface area contributed by atoms with Gasteiger partial charge in [-0.1, -0.05) is 36.7 Å². The molecule has 25 heavy (non-hydrogen) atoms. The Bertz CT molecular complexity index is 818. The Balaban J connectivity index is 2.52. The van der Waals surface area contributed by atoms with E-state index < -0.39 is 4.92 Å². The second-order valence-corrected chi connectivity index (χ2v) is 7.87. The summed E-state index contributed by atoms with van der Waals surface area (Å²) >= 11 is 3.58. The Morgan fingerprint density at radius 2 is 1.80 bits per heavy atom. The van der Waals surface area contributed by atoms with Crippen molar-refractivity contribution in [2.24, 2.45) is 0 Å². The van der Waals surface area contributed by atoms with E-state index in [0.717, 1.165) is 32.5 Å². The number of rotatable bonds is 4. The highest BCUT2D eigenvalue weighted by Crippen LogP contribution is 2.38. The maximum Gasteiger partial charge on any atom is 0.269 e. The van der Waals surface area contributed by atoms with Crippen LogP contribution in [0.15, 0.2) is 40.9 Å². The van der Waals surface area contributed by atoms with Crippen LogP contribution < -0.4 is 4.74 Å². The number of non-ortho nitro benzene ring substituents is 1. The highest BCUT2D eigenvalue weighted by atomic mass is 79.9. The zero-order chi connectivity index (χ0) is 18.8. The molecular weight excluding hydrogens is 382 g/mol. The summed E-state index contributed by atoms with van der Waals surface area (Å²) in [5.74, 6) is 0.844. The number of hydrogen-bond donors (Lipinski definition) is 0. The number of hydrogen-bond acceptors (Lipinski definition) is 3. The predicted molar refractivity (Wildman–Crippen MR) is 106 cm³/mol. The molecule has 5 heteroatoms. The highest BCUT2D eigenvalue weighted by molar-refractivity contribution is 9.10. The fraction of sp³-hybridized carbons (Fsp3) is 0.300. The molecule has 0 saturated carbocycles. The third-order valence-corrected chi connectivity index (χ3v) is 4.46. The molecule has 2 aromatic carbocycles. The molecule has 0 aliphatic heterocycles. The van der Waals surface area contributed by atoms with Gasteiger partial charge in [-0.3, -0.25) is 10.1 Å². The second kappa shape index (κ2) is 7.40. The molecule has 0 aliphatic rings. The van der Waals surface area contributed by atoms with Gasteiger partial charge in [0.1, 0.15) is 5.75 Å². The van der Waals surface area contributed by atoms with Gasteiger partial charge in [0.25, 0.3) is 5.69 Å². The van der Waals surface area contributed by atoms with E-state index in [1.165, 1.54) is 12.1 Å². The molecule has 4 nitrogen and oxygen atoms in total. The second-order valence-electron chi connectivity index (χ2n) is 6.96. The maximum absolute atomic E-state index is 10.8. The van der Waals surface area contributed by atoms with Crippen molar-refractivity contribution < 1.29 is 9.66 Å². The standard InChI is InChI=1S/C20H22BrNO3/c1-13(14-6-8-17(9-7-14)22(23)24)10-15-11-16(21)12-18(19(15)25-5)20(2,3)4/h6-12H,1-5H3/b13-10+. The Labute approximate surface area is 156 Å². The van der Waals surface area contributed by atoms with Gasteiger partial charge in [0.05, 0.1) is 12.0 Å². The van der Waals surface area contributed by atoms with Crippen LogP contribution in [0.4, 0.5) is 5.69 Å². The molecule has 0 spiro atoms. The quantitative estimate of drug-likeness (QED) is 0.345. The van der Waals surface area contributed by atoms with E-state index in [1.54, 1.807) is 19.2 Å². The van der Waals surface area contributed by atoms with Gasteiger partial charge < -0.3 is 4.74 Å². The summed E-state index contributed by atoms with van der Waals surface area (Å²) in [6, 6.07) is 10.7. The molecule has 0 amide bonds. The van der Waals surface area contributed by atoms with E-state index in [2.05, 4.69) is 42.8 Å². The maximum atomic E-state index is 10.8. The third kappa shape index (κ3) is 4.48. The lowest BCUT2D eigenvalue weighted by Gasteiger charge is -2.24. The number of halogens is 1. The summed E-state index contributed by atoms with van der Waals surface area (Å²) in [7, 11) is 1.68. The van der Waals surface area contributed by atoms with Crippen LogP contribution in [-0.2, 0) is 5.41 Å². The molecule has 0 saturated heterocycles. The monoisotopic (exact) mass is 403 g/mol. The van der Waals surface area contributed by atoms with E-state index in [-0.39, 0.29) is 11.1 Å². The van der Waals surface area contributed by atoms with Crippen molar-refractivity contribution in [2.45, 2.75) is 33.1 Å². The number of methoxy groups -OCH3 is 1. The number of ether oxygens (including phenoxy) is 1. The first-order valence-electron chi connectivity index (χ1n) is 7.94. The molecule has 0 bridgehead atoms. The minimum atomic E-state index is -0.393. The van der Waals surface area contributed by atoms with Crippen molar-refractivity contribution >= 4 is 33.3 Å². The number of nitrogens with zero attached hydrogens (tertiary/aromatic N) is 1. The molecule has 0 aliphatic carbocycles. The van der Waals surface area contributed by atoms with Crippen molar-refractivity contribution in [1.29, 1.82) is 0 Å². The Hall–Kier alpha value is -2.14. The van der Waals surface area contributed by atoms with Crippen molar-refractivity contribution in [3.8, 4) is 5.75 Å². The van der Waals surface area contributed by atoms with Gasteiger partial charge in [0.2, 0.25) is 0 Å². The van der Waals surface area contributed by atoms with Crippen molar-refractivity contribution in [2.75, 3.05) is 7.11 Å². The van der Waals surface area contributed by atoms with Gasteiger partial charge in [0, 0.05) is 27.7 Å². The summed E-state index contributed by atoms with van der Waals surface area (Å²) in [5, 5.41) is 10.8. The Morgan fingerprint density at radius 3 is 2.28 bits per heavy atom. The fourth-order valence-corrected chi connectivity index (χ4v) is 3.14. The van der Waals surface area contributed by atoms with Crippen molar-refractivity contribution in [3.63, 3.8) is 0 Å². The molecule has 0 atom stereocenters. The van der Waals surface area contributed by atoms with Crippen LogP contribution in [-0.4, -0.2) is 12.0 Å². The van der Waals surface area contributed by atoms with Crippen LogP contribution in [0.5, 0.6) is 5.75 Å². The first-order chi connectivity index (χ1) is 11.6. The summed E-state index contributed by atoms with van der Waals surface area (Å²) in [5.41, 5.74) is 4.06. The molecule has 0 unspecified atom stereocenters. The highest BCUT2D eigenvalue weighted by Gasteiger charge is 2.21.